The molecule has 0 fully saturated rings. The maximum atomic E-state index is 13.4. The van der Waals surface area contributed by atoms with E-state index in [9.17, 15) is 4.39 Å². The van der Waals surface area contributed by atoms with Crippen molar-refractivity contribution in [2.45, 2.75) is 52.2 Å². The van der Waals surface area contributed by atoms with Crippen molar-refractivity contribution in [1.29, 1.82) is 0 Å². The predicted molar refractivity (Wildman–Crippen MR) is 73.0 cm³/mol. The van der Waals surface area contributed by atoms with Crippen LogP contribution in [-0.4, -0.2) is 12.2 Å². The highest BCUT2D eigenvalue weighted by molar-refractivity contribution is 5.31. The Bertz CT molecular complexity index is 388. The number of ether oxygens (including phenoxy) is 1. The second kappa shape index (κ2) is 6.30. The van der Waals surface area contributed by atoms with Gasteiger partial charge in [0.05, 0.1) is 11.6 Å². The fraction of sp³-hybridized carbons (Fsp3) is 0.600. The fourth-order valence-corrected chi connectivity index (χ4v) is 2.50. The van der Waals surface area contributed by atoms with E-state index in [4.69, 9.17) is 10.5 Å². The molecule has 0 heterocycles. The highest BCUT2D eigenvalue weighted by Crippen LogP contribution is 2.35. The van der Waals surface area contributed by atoms with Gasteiger partial charge in [-0.2, -0.15) is 0 Å². The van der Waals surface area contributed by atoms with E-state index in [0.717, 1.165) is 24.0 Å². The van der Waals surface area contributed by atoms with E-state index in [-0.39, 0.29) is 11.9 Å². The van der Waals surface area contributed by atoms with E-state index >= 15 is 0 Å². The lowest BCUT2D eigenvalue weighted by molar-refractivity contribution is -0.0647. The summed E-state index contributed by atoms with van der Waals surface area (Å²) >= 11 is 0. The van der Waals surface area contributed by atoms with Gasteiger partial charge in [0.25, 0.3) is 0 Å². The zero-order valence-electron chi connectivity index (χ0n) is 11.8. The minimum absolute atomic E-state index is 0.247. The van der Waals surface area contributed by atoms with E-state index in [1.54, 1.807) is 6.07 Å². The van der Waals surface area contributed by atoms with Crippen LogP contribution in [0.25, 0.3) is 0 Å². The predicted octanol–water partition coefficient (Wildman–Crippen LogP) is 3.73. The molecule has 0 spiro atoms. The molecule has 0 saturated heterocycles. The van der Waals surface area contributed by atoms with E-state index < -0.39 is 5.60 Å². The minimum atomic E-state index is -0.409. The highest BCUT2D eigenvalue weighted by atomic mass is 19.1. The molecule has 2 N–H and O–H groups in total. The largest absolute Gasteiger partial charge is 0.373 e. The lowest BCUT2D eigenvalue weighted by atomic mass is 9.83. The molecule has 0 amide bonds. The second-order valence-electron chi connectivity index (χ2n) is 4.68. The summed E-state index contributed by atoms with van der Waals surface area (Å²) in [6.07, 6.45) is 1.63. The third-order valence-corrected chi connectivity index (χ3v) is 3.77. The van der Waals surface area contributed by atoms with Crippen LogP contribution in [0.3, 0.4) is 0 Å². The van der Waals surface area contributed by atoms with Crippen molar-refractivity contribution >= 4 is 0 Å². The summed E-state index contributed by atoms with van der Waals surface area (Å²) < 4.78 is 19.3. The molecule has 102 valence electrons. The average molecular weight is 253 g/mol. The molecule has 0 radical (unpaired) electrons. The van der Waals surface area contributed by atoms with Crippen LogP contribution in [0.2, 0.25) is 0 Å². The second-order valence-corrected chi connectivity index (χ2v) is 4.68. The summed E-state index contributed by atoms with van der Waals surface area (Å²) in [4.78, 5) is 0. The van der Waals surface area contributed by atoms with Crippen LogP contribution in [0.4, 0.5) is 4.39 Å². The van der Waals surface area contributed by atoms with Crippen LogP contribution in [0, 0.1) is 12.7 Å². The fourth-order valence-electron chi connectivity index (χ4n) is 2.50. The first-order valence-corrected chi connectivity index (χ1v) is 6.66. The first kappa shape index (κ1) is 15.1. The topological polar surface area (TPSA) is 35.2 Å². The molecule has 3 heteroatoms. The quantitative estimate of drug-likeness (QED) is 0.838. The molecule has 1 aromatic carbocycles. The number of nitrogens with two attached hydrogens (primary N) is 1. The number of hydrogen-bond acceptors (Lipinski definition) is 2. The molecule has 1 atom stereocenters. The van der Waals surface area contributed by atoms with Gasteiger partial charge in [0, 0.05) is 6.61 Å². The smallest absolute Gasteiger partial charge is 0.123 e. The third-order valence-electron chi connectivity index (χ3n) is 3.77. The highest BCUT2D eigenvalue weighted by Gasteiger charge is 2.35. The van der Waals surface area contributed by atoms with Crippen molar-refractivity contribution in [3.8, 4) is 0 Å². The Morgan fingerprint density at radius 2 is 1.89 bits per heavy atom. The molecule has 1 unspecified atom stereocenters. The molecule has 0 aliphatic rings. The molecule has 0 bridgehead atoms. The summed E-state index contributed by atoms with van der Waals surface area (Å²) in [5, 5.41) is 0. The Hall–Kier alpha value is -0.930. The van der Waals surface area contributed by atoms with Gasteiger partial charge in [0.2, 0.25) is 0 Å². The van der Waals surface area contributed by atoms with Crippen LogP contribution < -0.4 is 5.73 Å². The molecule has 0 saturated carbocycles. The molecule has 0 aliphatic heterocycles. The minimum Gasteiger partial charge on any atom is -0.373 e. The van der Waals surface area contributed by atoms with E-state index in [0.29, 0.717) is 6.61 Å². The molecule has 18 heavy (non-hydrogen) atoms. The Morgan fingerprint density at radius 1 is 1.28 bits per heavy atom. The summed E-state index contributed by atoms with van der Waals surface area (Å²) in [6.45, 7) is 8.66. The van der Waals surface area contributed by atoms with Gasteiger partial charge in [-0.15, -0.1) is 0 Å². The zero-order valence-corrected chi connectivity index (χ0v) is 11.8. The number of rotatable bonds is 6. The maximum absolute atomic E-state index is 13.4. The van der Waals surface area contributed by atoms with Gasteiger partial charge >= 0.3 is 0 Å². The normalized spacial score (nSPS) is 13.7. The SMILES string of the molecule is CCOC(CC)(CC)C(N)c1cc(F)ccc1C. The molecule has 0 aliphatic carbocycles. The van der Waals surface area contributed by atoms with Crippen molar-refractivity contribution in [2.24, 2.45) is 5.73 Å². The number of benzene rings is 1. The third kappa shape index (κ3) is 2.90. The lowest BCUT2D eigenvalue weighted by Gasteiger charge is -2.38. The van der Waals surface area contributed by atoms with Gasteiger partial charge < -0.3 is 10.5 Å². The molecule has 2 nitrogen and oxygen atoms in total. The van der Waals surface area contributed by atoms with Crippen molar-refractivity contribution in [1.82, 2.24) is 0 Å². The Balaban J connectivity index is 3.16. The maximum Gasteiger partial charge on any atom is 0.123 e. The van der Waals surface area contributed by atoms with Gasteiger partial charge in [-0.05, 0) is 49.9 Å². The van der Waals surface area contributed by atoms with Gasteiger partial charge in [-0.3, -0.25) is 0 Å². The average Bonchev–Trinajstić information content (AvgIpc) is 2.38. The van der Waals surface area contributed by atoms with Crippen molar-refractivity contribution < 1.29 is 9.13 Å². The monoisotopic (exact) mass is 253 g/mol. The van der Waals surface area contributed by atoms with Crippen LogP contribution in [0.5, 0.6) is 0 Å². The standard InChI is InChI=1S/C15H24FNO/c1-5-15(6-2,18-7-3)14(17)13-10-12(16)9-8-11(13)4/h8-10,14H,5-7,17H2,1-4H3. The molecule has 0 aromatic heterocycles. The van der Waals surface area contributed by atoms with E-state index in [1.165, 1.54) is 12.1 Å². The van der Waals surface area contributed by atoms with Crippen LogP contribution in [0.15, 0.2) is 18.2 Å². The van der Waals surface area contributed by atoms with Gasteiger partial charge in [-0.25, -0.2) is 4.39 Å². The zero-order chi connectivity index (χ0) is 13.8. The summed E-state index contributed by atoms with van der Waals surface area (Å²) in [5.74, 6) is -0.247. The molecule has 1 aromatic rings. The summed E-state index contributed by atoms with van der Waals surface area (Å²) in [6, 6.07) is 4.46. The molecular formula is C15H24FNO. The molecular weight excluding hydrogens is 229 g/mol. The van der Waals surface area contributed by atoms with Crippen LogP contribution >= 0.6 is 0 Å². The Morgan fingerprint density at radius 3 is 2.39 bits per heavy atom. The van der Waals surface area contributed by atoms with Gasteiger partial charge in [0.15, 0.2) is 0 Å². The van der Waals surface area contributed by atoms with E-state index in [2.05, 4.69) is 13.8 Å². The Kier molecular flexibility index (Phi) is 5.29. The Labute approximate surface area is 109 Å². The van der Waals surface area contributed by atoms with Crippen LogP contribution in [0.1, 0.15) is 50.8 Å². The number of aryl methyl sites for hydroxylation is 1. The lowest BCUT2D eigenvalue weighted by Crippen LogP contribution is -2.43. The van der Waals surface area contributed by atoms with Crippen molar-refractivity contribution in [2.75, 3.05) is 6.61 Å². The number of halogens is 1. The van der Waals surface area contributed by atoms with Crippen LogP contribution in [-0.2, 0) is 4.74 Å². The first-order valence-electron chi connectivity index (χ1n) is 6.66. The number of hydrogen-bond donors (Lipinski definition) is 1. The van der Waals surface area contributed by atoms with Crippen molar-refractivity contribution in [3.05, 3.63) is 35.1 Å². The summed E-state index contributed by atoms with van der Waals surface area (Å²) in [5.41, 5.74) is 7.80. The first-order chi connectivity index (χ1) is 8.50. The van der Waals surface area contributed by atoms with E-state index in [1.807, 2.05) is 13.8 Å². The summed E-state index contributed by atoms with van der Waals surface area (Å²) in [7, 11) is 0. The molecule has 1 rings (SSSR count). The van der Waals surface area contributed by atoms with Crippen molar-refractivity contribution in [3.63, 3.8) is 0 Å². The van der Waals surface area contributed by atoms with Gasteiger partial charge in [0.1, 0.15) is 5.82 Å². The van der Waals surface area contributed by atoms with Gasteiger partial charge in [-0.1, -0.05) is 19.9 Å².